The van der Waals surface area contributed by atoms with Crippen LogP contribution in [-0.2, 0) is 9.53 Å². The summed E-state index contributed by atoms with van der Waals surface area (Å²) in [4.78, 5) is 37.2. The van der Waals surface area contributed by atoms with Gasteiger partial charge >= 0.3 is 5.97 Å². The van der Waals surface area contributed by atoms with Crippen LogP contribution in [0.25, 0.3) is 0 Å². The van der Waals surface area contributed by atoms with Gasteiger partial charge in [-0.25, -0.2) is 9.69 Å². The van der Waals surface area contributed by atoms with Crippen LogP contribution < -0.4 is 4.74 Å². The Bertz CT molecular complexity index is 752. The molecule has 0 fully saturated rings. The molecule has 24 heavy (non-hydrogen) atoms. The Kier molecular flexibility index (Phi) is 4.29. The molecule has 0 radical (unpaired) electrons. The van der Waals surface area contributed by atoms with Crippen LogP contribution in [0.3, 0.4) is 0 Å². The Morgan fingerprint density at radius 2 is 1.50 bits per heavy atom. The molecule has 1 aliphatic heterocycles. The minimum absolute atomic E-state index is 0.312. The highest BCUT2D eigenvalue weighted by Gasteiger charge is 2.36. The summed E-state index contributed by atoms with van der Waals surface area (Å²) in [6, 6.07) is 15.3. The van der Waals surface area contributed by atoms with Gasteiger partial charge in [0.1, 0.15) is 5.75 Å². The molecule has 0 spiro atoms. The zero-order valence-electron chi connectivity index (χ0n) is 13.0. The van der Waals surface area contributed by atoms with E-state index in [1.807, 2.05) is 6.07 Å². The SMILES string of the molecule is CC(Oc1ccccc1)C(=O)OCN1C(=O)c2ccccc2C1=O. The van der Waals surface area contributed by atoms with Crippen molar-refractivity contribution in [2.45, 2.75) is 13.0 Å². The molecule has 1 aliphatic rings. The van der Waals surface area contributed by atoms with Crippen molar-refractivity contribution in [1.29, 1.82) is 0 Å². The number of rotatable bonds is 5. The molecule has 2 aromatic rings. The maximum atomic E-state index is 12.2. The second-order valence-corrected chi connectivity index (χ2v) is 5.25. The summed E-state index contributed by atoms with van der Waals surface area (Å²) in [6.07, 6.45) is -0.859. The zero-order chi connectivity index (χ0) is 17.1. The van der Waals surface area contributed by atoms with Crippen molar-refractivity contribution in [1.82, 2.24) is 4.90 Å². The summed E-state index contributed by atoms with van der Waals surface area (Å²) in [5.74, 6) is -1.07. The van der Waals surface area contributed by atoms with Gasteiger partial charge in [-0.1, -0.05) is 30.3 Å². The van der Waals surface area contributed by atoms with E-state index in [9.17, 15) is 14.4 Å². The van der Waals surface area contributed by atoms with Crippen molar-refractivity contribution in [3.8, 4) is 5.75 Å². The molecular formula is C18H15NO5. The number of ether oxygens (including phenoxy) is 2. The quantitative estimate of drug-likeness (QED) is 0.623. The largest absolute Gasteiger partial charge is 0.479 e. The summed E-state index contributed by atoms with van der Waals surface area (Å²) in [6.45, 7) is 1.10. The van der Waals surface area contributed by atoms with Gasteiger partial charge in [-0.3, -0.25) is 9.59 Å². The number of para-hydroxylation sites is 1. The average molecular weight is 325 g/mol. The van der Waals surface area contributed by atoms with E-state index in [4.69, 9.17) is 9.47 Å². The third kappa shape index (κ3) is 2.99. The van der Waals surface area contributed by atoms with Crippen LogP contribution in [0.1, 0.15) is 27.6 Å². The number of amides is 2. The lowest BCUT2D eigenvalue weighted by atomic mass is 10.1. The lowest BCUT2D eigenvalue weighted by Crippen LogP contribution is -2.36. The molecule has 0 N–H and O–H groups in total. The summed E-state index contributed by atoms with van der Waals surface area (Å²) in [5, 5.41) is 0. The molecule has 1 heterocycles. The molecule has 6 nitrogen and oxygen atoms in total. The van der Waals surface area contributed by atoms with E-state index in [-0.39, 0.29) is 0 Å². The van der Waals surface area contributed by atoms with Crippen molar-refractivity contribution in [2.24, 2.45) is 0 Å². The lowest BCUT2D eigenvalue weighted by molar-refractivity contribution is -0.153. The molecule has 0 saturated heterocycles. The number of esters is 1. The molecule has 2 amide bonds. The molecule has 0 bridgehead atoms. The first-order valence-electron chi connectivity index (χ1n) is 7.41. The zero-order valence-corrected chi connectivity index (χ0v) is 13.0. The molecule has 1 atom stereocenters. The van der Waals surface area contributed by atoms with Crippen molar-refractivity contribution < 1.29 is 23.9 Å². The third-order valence-corrected chi connectivity index (χ3v) is 3.60. The van der Waals surface area contributed by atoms with E-state index in [1.165, 1.54) is 6.92 Å². The molecule has 1 unspecified atom stereocenters. The Hall–Kier alpha value is -3.15. The lowest BCUT2D eigenvalue weighted by Gasteiger charge is -2.17. The van der Waals surface area contributed by atoms with Crippen molar-refractivity contribution in [3.63, 3.8) is 0 Å². The number of hydrogen-bond donors (Lipinski definition) is 0. The second kappa shape index (κ2) is 6.54. The van der Waals surface area contributed by atoms with Gasteiger partial charge in [0, 0.05) is 0 Å². The van der Waals surface area contributed by atoms with Crippen LogP contribution in [-0.4, -0.2) is 35.5 Å². The van der Waals surface area contributed by atoms with Crippen LogP contribution in [0.2, 0.25) is 0 Å². The van der Waals surface area contributed by atoms with E-state index in [1.54, 1.807) is 48.5 Å². The predicted octanol–water partition coefficient (Wildman–Crippen LogP) is 2.25. The fourth-order valence-corrected chi connectivity index (χ4v) is 2.35. The number of benzene rings is 2. The van der Waals surface area contributed by atoms with E-state index in [2.05, 4.69) is 0 Å². The Morgan fingerprint density at radius 1 is 0.958 bits per heavy atom. The molecule has 3 rings (SSSR count). The number of carbonyl (C=O) groups excluding carboxylic acids is 3. The van der Waals surface area contributed by atoms with Gasteiger partial charge in [0.25, 0.3) is 11.8 Å². The van der Waals surface area contributed by atoms with Crippen LogP contribution in [0, 0.1) is 0 Å². The predicted molar refractivity (Wildman–Crippen MR) is 84.4 cm³/mol. The Morgan fingerprint density at radius 3 is 2.08 bits per heavy atom. The first kappa shape index (κ1) is 15.7. The molecular weight excluding hydrogens is 310 g/mol. The van der Waals surface area contributed by atoms with E-state index in [0.29, 0.717) is 16.9 Å². The van der Waals surface area contributed by atoms with E-state index >= 15 is 0 Å². The number of fused-ring (bicyclic) bond motifs is 1. The van der Waals surface area contributed by atoms with E-state index in [0.717, 1.165) is 4.90 Å². The molecule has 0 saturated carbocycles. The smallest absolute Gasteiger partial charge is 0.348 e. The van der Waals surface area contributed by atoms with Crippen molar-refractivity contribution >= 4 is 17.8 Å². The van der Waals surface area contributed by atoms with Gasteiger partial charge in [0.15, 0.2) is 12.8 Å². The Balaban J connectivity index is 1.59. The number of imide groups is 1. The van der Waals surface area contributed by atoms with Crippen molar-refractivity contribution in [2.75, 3.05) is 6.73 Å². The molecule has 0 aliphatic carbocycles. The van der Waals surface area contributed by atoms with Gasteiger partial charge in [-0.2, -0.15) is 0 Å². The maximum absolute atomic E-state index is 12.2. The van der Waals surface area contributed by atoms with E-state index < -0.39 is 30.6 Å². The third-order valence-electron chi connectivity index (χ3n) is 3.60. The minimum atomic E-state index is -0.859. The maximum Gasteiger partial charge on any atom is 0.348 e. The first-order valence-corrected chi connectivity index (χ1v) is 7.41. The highest BCUT2D eigenvalue weighted by Crippen LogP contribution is 2.22. The standard InChI is InChI=1S/C18H15NO5/c1-12(24-13-7-3-2-4-8-13)18(22)23-11-19-16(20)14-9-5-6-10-15(14)17(19)21/h2-10,12H,11H2,1H3. The summed E-state index contributed by atoms with van der Waals surface area (Å²) >= 11 is 0. The summed E-state index contributed by atoms with van der Waals surface area (Å²) in [7, 11) is 0. The average Bonchev–Trinajstić information content (AvgIpc) is 2.85. The monoisotopic (exact) mass is 325 g/mol. The minimum Gasteiger partial charge on any atom is -0.479 e. The molecule has 0 aromatic heterocycles. The number of nitrogens with zero attached hydrogens (tertiary/aromatic N) is 1. The Labute approximate surface area is 138 Å². The summed E-state index contributed by atoms with van der Waals surface area (Å²) < 4.78 is 10.5. The van der Waals surface area contributed by atoms with Crippen LogP contribution in [0.5, 0.6) is 5.75 Å². The van der Waals surface area contributed by atoms with Gasteiger partial charge < -0.3 is 9.47 Å². The number of hydrogen-bond acceptors (Lipinski definition) is 5. The highest BCUT2D eigenvalue weighted by atomic mass is 16.6. The normalized spacial score (nSPS) is 14.3. The van der Waals surface area contributed by atoms with Gasteiger partial charge in [0.2, 0.25) is 0 Å². The van der Waals surface area contributed by atoms with Gasteiger partial charge in [-0.15, -0.1) is 0 Å². The second-order valence-electron chi connectivity index (χ2n) is 5.25. The van der Waals surface area contributed by atoms with Crippen molar-refractivity contribution in [3.05, 3.63) is 65.7 Å². The topological polar surface area (TPSA) is 72.9 Å². The first-order chi connectivity index (χ1) is 11.6. The number of carbonyl (C=O) groups is 3. The van der Waals surface area contributed by atoms with Crippen LogP contribution in [0.4, 0.5) is 0 Å². The van der Waals surface area contributed by atoms with Crippen LogP contribution >= 0.6 is 0 Å². The summed E-state index contributed by atoms with van der Waals surface area (Å²) in [5.41, 5.74) is 0.624. The fraction of sp³-hybridized carbons (Fsp3) is 0.167. The molecule has 122 valence electrons. The van der Waals surface area contributed by atoms with Gasteiger partial charge in [-0.05, 0) is 31.2 Å². The highest BCUT2D eigenvalue weighted by molar-refractivity contribution is 6.21. The fourth-order valence-electron chi connectivity index (χ4n) is 2.35. The van der Waals surface area contributed by atoms with Gasteiger partial charge in [0.05, 0.1) is 11.1 Å². The van der Waals surface area contributed by atoms with Crippen LogP contribution in [0.15, 0.2) is 54.6 Å². The molecule has 2 aromatic carbocycles. The molecule has 6 heteroatoms.